The first-order chi connectivity index (χ1) is 17.1. The molecule has 0 radical (unpaired) electrons. The van der Waals surface area contributed by atoms with E-state index < -0.39 is 0 Å². The fraction of sp³-hybridized carbons (Fsp3) is 0.333. The van der Waals surface area contributed by atoms with E-state index in [1.165, 1.54) is 11.1 Å². The molecular formula is C30H34N4O. The highest BCUT2D eigenvalue weighted by Gasteiger charge is 2.16. The third kappa shape index (κ3) is 7.26. The molecule has 0 atom stereocenters. The van der Waals surface area contributed by atoms with E-state index in [0.717, 1.165) is 75.3 Å². The number of aryl methyl sites for hydroxylation is 1. The van der Waals surface area contributed by atoms with E-state index in [1.807, 2.05) is 48.5 Å². The van der Waals surface area contributed by atoms with Gasteiger partial charge in [0.1, 0.15) is 0 Å². The number of anilines is 1. The maximum Gasteiger partial charge on any atom is 0.255 e. The lowest BCUT2D eigenvalue weighted by Crippen LogP contribution is -2.30. The number of rotatable bonds is 8. The Kier molecular flexibility index (Phi) is 8.67. The molecule has 1 aliphatic rings. The Balaban J connectivity index is 1.31. The summed E-state index contributed by atoms with van der Waals surface area (Å²) >= 11 is 0. The van der Waals surface area contributed by atoms with E-state index in [0.29, 0.717) is 5.56 Å². The summed E-state index contributed by atoms with van der Waals surface area (Å²) in [6, 6.07) is 26.2. The molecule has 4 rings (SSSR count). The maximum absolute atomic E-state index is 12.8. The van der Waals surface area contributed by atoms with Crippen LogP contribution in [0.4, 0.5) is 5.69 Å². The molecule has 5 nitrogen and oxygen atoms in total. The number of carbonyl (C=O) groups is 1. The van der Waals surface area contributed by atoms with Crippen LogP contribution in [0.25, 0.3) is 0 Å². The second kappa shape index (κ2) is 12.3. The maximum atomic E-state index is 12.8. The van der Waals surface area contributed by atoms with Gasteiger partial charge in [-0.15, -0.1) is 0 Å². The fourth-order valence-electron chi connectivity index (χ4n) is 4.65. The van der Waals surface area contributed by atoms with Gasteiger partial charge in [0, 0.05) is 37.4 Å². The average Bonchev–Trinajstić information content (AvgIpc) is 3.10. The van der Waals surface area contributed by atoms with Gasteiger partial charge in [0.15, 0.2) is 0 Å². The molecule has 1 heterocycles. The molecule has 1 aliphatic heterocycles. The van der Waals surface area contributed by atoms with Crippen LogP contribution in [0.3, 0.4) is 0 Å². The van der Waals surface area contributed by atoms with Gasteiger partial charge in [0.2, 0.25) is 0 Å². The normalized spacial score (nSPS) is 14.7. The monoisotopic (exact) mass is 466 g/mol. The van der Waals surface area contributed by atoms with E-state index in [1.54, 1.807) is 0 Å². The quantitative estimate of drug-likeness (QED) is 0.478. The molecule has 0 saturated carbocycles. The molecule has 35 heavy (non-hydrogen) atoms. The molecule has 0 aliphatic carbocycles. The van der Waals surface area contributed by atoms with Crippen LogP contribution in [0.1, 0.15) is 52.4 Å². The van der Waals surface area contributed by atoms with Crippen molar-refractivity contribution >= 4 is 11.6 Å². The van der Waals surface area contributed by atoms with Gasteiger partial charge in [-0.05, 0) is 79.0 Å². The topological polar surface area (TPSA) is 59.4 Å². The van der Waals surface area contributed by atoms with Crippen molar-refractivity contribution in [3.63, 3.8) is 0 Å². The average molecular weight is 467 g/mol. The number of hydrogen-bond donors (Lipinski definition) is 1. The van der Waals surface area contributed by atoms with Crippen molar-refractivity contribution in [2.24, 2.45) is 0 Å². The number of benzene rings is 3. The van der Waals surface area contributed by atoms with Crippen molar-refractivity contribution in [3.8, 4) is 6.07 Å². The summed E-state index contributed by atoms with van der Waals surface area (Å²) in [6.07, 6.45) is 3.27. The van der Waals surface area contributed by atoms with Gasteiger partial charge in [-0.1, -0.05) is 49.7 Å². The molecule has 1 fully saturated rings. The number of nitrogens with one attached hydrogen (secondary N) is 1. The van der Waals surface area contributed by atoms with Crippen LogP contribution in [-0.4, -0.2) is 41.9 Å². The molecule has 0 spiro atoms. The molecular weight excluding hydrogens is 432 g/mol. The third-order valence-corrected chi connectivity index (χ3v) is 6.49. The van der Waals surface area contributed by atoms with Gasteiger partial charge in [-0.2, -0.15) is 5.26 Å². The van der Waals surface area contributed by atoms with Crippen LogP contribution >= 0.6 is 0 Å². The van der Waals surface area contributed by atoms with Gasteiger partial charge in [0.25, 0.3) is 5.91 Å². The summed E-state index contributed by atoms with van der Waals surface area (Å²) in [5.74, 6) is -0.0725. The van der Waals surface area contributed by atoms with Crippen molar-refractivity contribution in [1.82, 2.24) is 9.80 Å². The summed E-state index contributed by atoms with van der Waals surface area (Å²) in [4.78, 5) is 17.8. The Bertz CT molecular complexity index is 1170. The zero-order valence-corrected chi connectivity index (χ0v) is 20.5. The Hall–Kier alpha value is -3.46. The number of nitriles is 1. The SMILES string of the molecule is CCCc1ccc(NC(=O)c2cccc(CN3CCCN(Cc4cccc(C#N)c4)CC3)c2)cc1. The minimum absolute atomic E-state index is 0.0725. The van der Waals surface area contributed by atoms with Gasteiger partial charge >= 0.3 is 0 Å². The Morgan fingerprint density at radius 1 is 0.857 bits per heavy atom. The summed E-state index contributed by atoms with van der Waals surface area (Å²) in [7, 11) is 0. The highest BCUT2D eigenvalue weighted by molar-refractivity contribution is 6.04. The van der Waals surface area contributed by atoms with E-state index >= 15 is 0 Å². The summed E-state index contributed by atoms with van der Waals surface area (Å²) in [5, 5.41) is 12.2. The summed E-state index contributed by atoms with van der Waals surface area (Å²) in [5.41, 5.74) is 5.88. The molecule has 180 valence electrons. The third-order valence-electron chi connectivity index (χ3n) is 6.49. The molecule has 3 aromatic rings. The van der Waals surface area contributed by atoms with E-state index in [9.17, 15) is 4.79 Å². The summed E-state index contributed by atoms with van der Waals surface area (Å²) in [6.45, 7) is 7.94. The van der Waals surface area contributed by atoms with Crippen molar-refractivity contribution < 1.29 is 4.79 Å². The molecule has 1 N–H and O–H groups in total. The Labute approximate surface area is 209 Å². The lowest BCUT2D eigenvalue weighted by molar-refractivity contribution is 0.102. The second-order valence-electron chi connectivity index (χ2n) is 9.32. The molecule has 0 aromatic heterocycles. The smallest absolute Gasteiger partial charge is 0.255 e. The Morgan fingerprint density at radius 2 is 1.51 bits per heavy atom. The Morgan fingerprint density at radius 3 is 2.17 bits per heavy atom. The fourth-order valence-corrected chi connectivity index (χ4v) is 4.65. The number of carbonyl (C=O) groups excluding carboxylic acids is 1. The molecule has 0 unspecified atom stereocenters. The van der Waals surface area contributed by atoms with Crippen LogP contribution in [0.5, 0.6) is 0 Å². The van der Waals surface area contributed by atoms with Gasteiger partial charge in [0.05, 0.1) is 11.6 Å². The van der Waals surface area contributed by atoms with E-state index in [2.05, 4.69) is 52.4 Å². The van der Waals surface area contributed by atoms with Crippen LogP contribution in [0.2, 0.25) is 0 Å². The second-order valence-corrected chi connectivity index (χ2v) is 9.32. The van der Waals surface area contributed by atoms with Gasteiger partial charge in [-0.3, -0.25) is 14.6 Å². The van der Waals surface area contributed by atoms with Crippen LogP contribution in [0.15, 0.2) is 72.8 Å². The zero-order chi connectivity index (χ0) is 24.5. The molecule has 0 bridgehead atoms. The van der Waals surface area contributed by atoms with Gasteiger partial charge in [-0.25, -0.2) is 0 Å². The first-order valence-electron chi connectivity index (χ1n) is 12.6. The van der Waals surface area contributed by atoms with E-state index in [4.69, 9.17) is 5.26 Å². The first-order valence-corrected chi connectivity index (χ1v) is 12.6. The molecule has 1 amide bonds. The lowest BCUT2D eigenvalue weighted by atomic mass is 10.1. The van der Waals surface area contributed by atoms with Crippen molar-refractivity contribution in [2.75, 3.05) is 31.5 Å². The zero-order valence-electron chi connectivity index (χ0n) is 20.5. The first kappa shape index (κ1) is 24.7. The minimum Gasteiger partial charge on any atom is -0.322 e. The largest absolute Gasteiger partial charge is 0.322 e. The van der Waals surface area contributed by atoms with E-state index in [-0.39, 0.29) is 5.91 Å². The predicted molar refractivity (Wildman–Crippen MR) is 141 cm³/mol. The van der Waals surface area contributed by atoms with Crippen LogP contribution in [-0.2, 0) is 19.5 Å². The van der Waals surface area contributed by atoms with Crippen LogP contribution in [0, 0.1) is 11.3 Å². The van der Waals surface area contributed by atoms with Gasteiger partial charge < -0.3 is 5.32 Å². The van der Waals surface area contributed by atoms with Crippen LogP contribution < -0.4 is 5.32 Å². The van der Waals surface area contributed by atoms with Crippen molar-refractivity contribution in [3.05, 3.63) is 101 Å². The highest BCUT2D eigenvalue weighted by atomic mass is 16.1. The number of hydrogen-bond acceptors (Lipinski definition) is 4. The van der Waals surface area contributed by atoms with Crippen molar-refractivity contribution in [2.45, 2.75) is 39.3 Å². The summed E-state index contributed by atoms with van der Waals surface area (Å²) < 4.78 is 0. The minimum atomic E-state index is -0.0725. The molecule has 3 aromatic carbocycles. The number of nitrogens with zero attached hydrogens (tertiary/aromatic N) is 3. The highest BCUT2D eigenvalue weighted by Crippen LogP contribution is 2.16. The molecule has 1 saturated heterocycles. The standard InChI is InChI=1S/C30H34N4O/c1-2-6-24-11-13-29(14-12-24)32-30(35)28-10-4-9-27(20-28)23-34-16-5-15-33(17-18-34)22-26-8-3-7-25(19-26)21-31/h3-4,7-14,19-20H,2,5-6,15-18,22-23H2,1H3,(H,32,35). The molecule has 5 heteroatoms. The van der Waals surface area contributed by atoms with Crippen molar-refractivity contribution in [1.29, 1.82) is 5.26 Å². The lowest BCUT2D eigenvalue weighted by Gasteiger charge is -2.22. The predicted octanol–water partition coefficient (Wildman–Crippen LogP) is 5.47. The number of amides is 1.